The third-order valence-corrected chi connectivity index (χ3v) is 3.45. The zero-order chi connectivity index (χ0) is 17.5. The summed E-state index contributed by atoms with van der Waals surface area (Å²) < 4.78 is 5.55. The van der Waals surface area contributed by atoms with Gasteiger partial charge in [0.25, 0.3) is 5.91 Å². The Morgan fingerprint density at radius 3 is 2.00 bits per heavy atom. The van der Waals surface area contributed by atoms with E-state index in [4.69, 9.17) is 4.74 Å². The Hall–Kier alpha value is -2.66. The number of hydrogen-bond acceptors (Lipinski definition) is 3. The molecule has 2 aromatic carbocycles. The molecular formula is C19H21NO4. The van der Waals surface area contributed by atoms with Crippen molar-refractivity contribution in [1.29, 1.82) is 0 Å². The van der Waals surface area contributed by atoms with Crippen LogP contribution in [0.2, 0.25) is 0 Å². The van der Waals surface area contributed by atoms with Gasteiger partial charge in [0.15, 0.2) is 6.10 Å². The Morgan fingerprint density at radius 2 is 1.50 bits per heavy atom. The van der Waals surface area contributed by atoms with Gasteiger partial charge in [-0.1, -0.05) is 48.5 Å². The molecule has 0 aliphatic heterocycles. The molecule has 24 heavy (non-hydrogen) atoms. The Labute approximate surface area is 141 Å². The van der Waals surface area contributed by atoms with E-state index in [0.717, 1.165) is 0 Å². The molecule has 2 N–H and O–H groups in total. The molecule has 5 nitrogen and oxygen atoms in total. The van der Waals surface area contributed by atoms with E-state index >= 15 is 0 Å². The Morgan fingerprint density at radius 1 is 0.958 bits per heavy atom. The number of amides is 1. The molecule has 2 aromatic rings. The largest absolute Gasteiger partial charge is 0.479 e. The molecular weight excluding hydrogens is 306 g/mol. The van der Waals surface area contributed by atoms with Gasteiger partial charge in [0.1, 0.15) is 0 Å². The quantitative estimate of drug-likeness (QED) is 0.819. The highest BCUT2D eigenvalue weighted by molar-refractivity contribution is 5.94. The van der Waals surface area contributed by atoms with E-state index in [0.29, 0.717) is 11.1 Å². The fourth-order valence-corrected chi connectivity index (χ4v) is 2.38. The Balaban J connectivity index is 2.32. The van der Waals surface area contributed by atoms with Gasteiger partial charge in [-0.3, -0.25) is 4.79 Å². The highest BCUT2D eigenvalue weighted by Crippen LogP contribution is 2.21. The number of hydrogen-bond donors (Lipinski definition) is 2. The van der Waals surface area contributed by atoms with Crippen LogP contribution in [0.1, 0.15) is 35.8 Å². The van der Waals surface area contributed by atoms with Gasteiger partial charge in [0.2, 0.25) is 0 Å². The van der Waals surface area contributed by atoms with Crippen LogP contribution in [-0.2, 0) is 9.53 Å². The fraction of sp³-hybridized carbons (Fsp3) is 0.263. The molecule has 0 saturated heterocycles. The summed E-state index contributed by atoms with van der Waals surface area (Å²) in [5.41, 5.74) is 1.14. The lowest BCUT2D eigenvalue weighted by Gasteiger charge is -2.27. The summed E-state index contributed by atoms with van der Waals surface area (Å²) in [6, 6.07) is 16.9. The van der Waals surface area contributed by atoms with Gasteiger partial charge in [-0.25, -0.2) is 4.79 Å². The van der Waals surface area contributed by atoms with Crippen molar-refractivity contribution in [3.8, 4) is 0 Å². The van der Waals surface area contributed by atoms with Gasteiger partial charge < -0.3 is 15.2 Å². The van der Waals surface area contributed by atoms with Crippen LogP contribution < -0.4 is 5.32 Å². The van der Waals surface area contributed by atoms with Crippen molar-refractivity contribution in [3.05, 3.63) is 71.8 Å². The van der Waals surface area contributed by atoms with E-state index < -0.39 is 18.1 Å². The maximum Gasteiger partial charge on any atom is 0.335 e. The molecule has 0 radical (unpaired) electrons. The number of rotatable bonds is 7. The average Bonchev–Trinajstić information content (AvgIpc) is 2.59. The van der Waals surface area contributed by atoms with E-state index in [2.05, 4.69) is 5.32 Å². The van der Waals surface area contributed by atoms with Gasteiger partial charge in [0.05, 0.1) is 12.1 Å². The summed E-state index contributed by atoms with van der Waals surface area (Å²) in [6.07, 6.45) is -1.47. The zero-order valence-corrected chi connectivity index (χ0v) is 13.7. The number of nitrogens with one attached hydrogen (secondary N) is 1. The monoisotopic (exact) mass is 327 g/mol. The van der Waals surface area contributed by atoms with Crippen LogP contribution in [0.3, 0.4) is 0 Å². The summed E-state index contributed by atoms with van der Waals surface area (Å²) in [7, 11) is 0. The zero-order valence-electron chi connectivity index (χ0n) is 13.7. The first-order valence-corrected chi connectivity index (χ1v) is 7.78. The number of carboxylic acids is 1. The molecule has 0 fully saturated rings. The van der Waals surface area contributed by atoms with E-state index in [1.165, 1.54) is 0 Å². The van der Waals surface area contributed by atoms with E-state index in [-0.39, 0.29) is 12.0 Å². The maximum absolute atomic E-state index is 12.5. The lowest BCUT2D eigenvalue weighted by atomic mass is 10.0. The molecule has 0 aliphatic carbocycles. The SMILES string of the molecule is CC(C)OC(C(=O)O)C(NC(=O)c1ccccc1)c1ccccc1. The summed E-state index contributed by atoms with van der Waals surface area (Å²) in [5.74, 6) is -1.46. The summed E-state index contributed by atoms with van der Waals surface area (Å²) in [6.45, 7) is 3.52. The molecule has 2 atom stereocenters. The van der Waals surface area contributed by atoms with Gasteiger partial charge in [-0.2, -0.15) is 0 Å². The molecule has 2 rings (SSSR count). The van der Waals surface area contributed by atoms with Gasteiger partial charge >= 0.3 is 5.97 Å². The second-order valence-corrected chi connectivity index (χ2v) is 5.67. The minimum absolute atomic E-state index is 0.286. The number of ether oxygens (including phenoxy) is 1. The van der Waals surface area contributed by atoms with E-state index in [9.17, 15) is 14.7 Å². The topological polar surface area (TPSA) is 75.6 Å². The summed E-state index contributed by atoms with van der Waals surface area (Å²) >= 11 is 0. The van der Waals surface area contributed by atoms with Crippen molar-refractivity contribution in [1.82, 2.24) is 5.32 Å². The third kappa shape index (κ3) is 4.67. The second kappa shape index (κ2) is 8.26. The smallest absolute Gasteiger partial charge is 0.335 e. The van der Waals surface area contributed by atoms with Crippen molar-refractivity contribution < 1.29 is 19.4 Å². The molecule has 5 heteroatoms. The average molecular weight is 327 g/mol. The lowest BCUT2D eigenvalue weighted by Crippen LogP contribution is -2.43. The molecule has 0 bridgehead atoms. The van der Waals surface area contributed by atoms with Crippen LogP contribution >= 0.6 is 0 Å². The van der Waals surface area contributed by atoms with Crippen LogP contribution in [0.4, 0.5) is 0 Å². The second-order valence-electron chi connectivity index (χ2n) is 5.67. The van der Waals surface area contributed by atoms with E-state index in [1.807, 2.05) is 12.1 Å². The van der Waals surface area contributed by atoms with Crippen LogP contribution in [0.25, 0.3) is 0 Å². The summed E-state index contributed by atoms with van der Waals surface area (Å²) in [4.78, 5) is 24.2. The number of carboxylic acid groups (broad SMARTS) is 1. The minimum Gasteiger partial charge on any atom is -0.479 e. The van der Waals surface area contributed by atoms with Crippen molar-refractivity contribution in [2.75, 3.05) is 0 Å². The van der Waals surface area contributed by atoms with Crippen molar-refractivity contribution in [2.45, 2.75) is 32.1 Å². The van der Waals surface area contributed by atoms with Crippen LogP contribution in [0, 0.1) is 0 Å². The minimum atomic E-state index is -1.18. The molecule has 2 unspecified atom stereocenters. The Kier molecular flexibility index (Phi) is 6.09. The molecule has 1 amide bonds. The summed E-state index contributed by atoms with van der Waals surface area (Å²) in [5, 5.41) is 12.4. The van der Waals surface area contributed by atoms with Gasteiger partial charge in [-0.05, 0) is 31.5 Å². The van der Waals surface area contributed by atoms with Gasteiger partial charge in [0, 0.05) is 5.56 Å². The number of aliphatic carboxylic acids is 1. The first kappa shape index (κ1) is 17.7. The van der Waals surface area contributed by atoms with Crippen molar-refractivity contribution >= 4 is 11.9 Å². The van der Waals surface area contributed by atoms with Crippen LogP contribution in [0.15, 0.2) is 60.7 Å². The Bertz CT molecular complexity index is 670. The predicted octanol–water partition coefficient (Wildman–Crippen LogP) is 3.04. The molecule has 0 aromatic heterocycles. The first-order chi connectivity index (χ1) is 11.5. The van der Waals surface area contributed by atoms with Crippen molar-refractivity contribution in [2.24, 2.45) is 0 Å². The van der Waals surface area contributed by atoms with Crippen LogP contribution in [0.5, 0.6) is 0 Å². The number of carbonyl (C=O) groups excluding carboxylic acids is 1. The molecule has 0 heterocycles. The number of carbonyl (C=O) groups is 2. The van der Waals surface area contributed by atoms with Crippen LogP contribution in [-0.4, -0.2) is 29.2 Å². The van der Waals surface area contributed by atoms with Gasteiger partial charge in [-0.15, -0.1) is 0 Å². The standard InChI is InChI=1S/C19H21NO4/c1-13(2)24-17(19(22)23)16(14-9-5-3-6-10-14)20-18(21)15-11-7-4-8-12-15/h3-13,16-17H,1-2H3,(H,20,21)(H,22,23). The lowest BCUT2D eigenvalue weighted by molar-refractivity contribution is -0.155. The highest BCUT2D eigenvalue weighted by atomic mass is 16.5. The van der Waals surface area contributed by atoms with Crippen molar-refractivity contribution in [3.63, 3.8) is 0 Å². The normalized spacial score (nSPS) is 13.3. The first-order valence-electron chi connectivity index (χ1n) is 7.78. The molecule has 126 valence electrons. The highest BCUT2D eigenvalue weighted by Gasteiger charge is 2.32. The molecule has 0 spiro atoms. The maximum atomic E-state index is 12.5. The third-order valence-electron chi connectivity index (χ3n) is 3.45. The van der Waals surface area contributed by atoms with E-state index in [1.54, 1.807) is 62.4 Å². The molecule has 0 saturated carbocycles. The predicted molar refractivity (Wildman–Crippen MR) is 90.7 cm³/mol. The molecule has 0 aliphatic rings. The number of benzene rings is 2. The fourth-order valence-electron chi connectivity index (χ4n) is 2.38.